The van der Waals surface area contributed by atoms with Crippen LogP contribution in [-0.4, -0.2) is 32.7 Å². The summed E-state index contributed by atoms with van der Waals surface area (Å²) in [7, 11) is 3.23. The first-order chi connectivity index (χ1) is 8.45. The highest BCUT2D eigenvalue weighted by atomic mass is 35.7. The molecule has 0 aromatic carbocycles. The molecule has 0 N–H and O–H groups in total. The van der Waals surface area contributed by atoms with E-state index in [9.17, 15) is 8.42 Å². The lowest BCUT2D eigenvalue weighted by molar-refractivity contribution is 0.569. The van der Waals surface area contributed by atoms with Crippen LogP contribution in [0.25, 0.3) is 11.5 Å². The fourth-order valence-electron chi connectivity index (χ4n) is 1.66. The molecule has 0 amide bonds. The summed E-state index contributed by atoms with van der Waals surface area (Å²) in [5, 5.41) is 7.31. The van der Waals surface area contributed by atoms with Crippen LogP contribution in [-0.2, 0) is 22.6 Å². The highest BCUT2D eigenvalue weighted by Crippen LogP contribution is 2.22. The minimum atomic E-state index is -3.91. The molecule has 2 heterocycles. The third-order valence-electron chi connectivity index (χ3n) is 2.43. The maximum absolute atomic E-state index is 11.4. The Hall–Kier alpha value is -1.41. The number of rotatable bonds is 4. The summed E-state index contributed by atoms with van der Waals surface area (Å²) in [6.07, 6.45) is 3.94. The molecule has 0 aliphatic rings. The van der Waals surface area contributed by atoms with E-state index in [0.29, 0.717) is 18.1 Å². The predicted octanol–water partition coefficient (Wildman–Crippen LogP) is 1.02. The van der Waals surface area contributed by atoms with Crippen LogP contribution in [0.1, 0.15) is 13.3 Å². The van der Waals surface area contributed by atoms with Crippen molar-refractivity contribution < 1.29 is 8.42 Å². The molecule has 18 heavy (non-hydrogen) atoms. The Labute approximate surface area is 109 Å². The van der Waals surface area contributed by atoms with Gasteiger partial charge in [0, 0.05) is 24.3 Å². The van der Waals surface area contributed by atoms with Gasteiger partial charge in [0.1, 0.15) is 5.69 Å². The molecule has 9 heteroatoms. The van der Waals surface area contributed by atoms with E-state index in [1.807, 2.05) is 6.92 Å². The standard InChI is InChI=1S/C9H12ClN5O2S/c1-3-4-15-8(7-5-11-6-14(7)2)12-13-9(15)18(10,16)17/h5-6H,3-4H2,1-2H3. The number of hydrogen-bond donors (Lipinski definition) is 0. The van der Waals surface area contributed by atoms with Crippen LogP contribution >= 0.6 is 10.7 Å². The van der Waals surface area contributed by atoms with Crippen LogP contribution < -0.4 is 0 Å². The maximum Gasteiger partial charge on any atom is 0.296 e. The first-order valence-corrected chi connectivity index (χ1v) is 7.60. The normalized spacial score (nSPS) is 11.9. The fourth-order valence-corrected chi connectivity index (χ4v) is 2.58. The van der Waals surface area contributed by atoms with Crippen molar-refractivity contribution >= 4 is 19.7 Å². The van der Waals surface area contributed by atoms with Crippen molar-refractivity contribution in [3.05, 3.63) is 12.5 Å². The molecule has 0 spiro atoms. The molecular formula is C9H12ClN5O2S. The highest BCUT2D eigenvalue weighted by molar-refractivity contribution is 8.13. The van der Waals surface area contributed by atoms with Gasteiger partial charge in [-0.25, -0.2) is 13.4 Å². The lowest BCUT2D eigenvalue weighted by Gasteiger charge is -2.07. The third-order valence-corrected chi connectivity index (χ3v) is 3.58. The van der Waals surface area contributed by atoms with Gasteiger partial charge in [0.15, 0.2) is 5.82 Å². The van der Waals surface area contributed by atoms with Crippen LogP contribution in [0.2, 0.25) is 0 Å². The van der Waals surface area contributed by atoms with Gasteiger partial charge in [-0.15, -0.1) is 10.2 Å². The molecule has 0 aliphatic carbocycles. The number of nitrogens with zero attached hydrogens (tertiary/aromatic N) is 5. The quantitative estimate of drug-likeness (QED) is 0.785. The second kappa shape index (κ2) is 4.69. The minimum Gasteiger partial charge on any atom is -0.331 e. The topological polar surface area (TPSA) is 82.7 Å². The van der Waals surface area contributed by atoms with Crippen molar-refractivity contribution in [1.29, 1.82) is 0 Å². The summed E-state index contributed by atoms with van der Waals surface area (Å²) in [4.78, 5) is 3.97. The molecule has 0 unspecified atom stereocenters. The Balaban J connectivity index is 2.63. The Morgan fingerprint density at radius 3 is 2.61 bits per heavy atom. The SMILES string of the molecule is CCCn1c(-c2cncn2C)nnc1S(=O)(=O)Cl. The summed E-state index contributed by atoms with van der Waals surface area (Å²) in [5.74, 6) is 0.441. The third kappa shape index (κ3) is 2.25. The molecule has 0 bridgehead atoms. The average Bonchev–Trinajstić information content (AvgIpc) is 2.84. The Morgan fingerprint density at radius 1 is 1.39 bits per heavy atom. The van der Waals surface area contributed by atoms with Crippen molar-refractivity contribution in [2.75, 3.05) is 0 Å². The molecule has 98 valence electrons. The van der Waals surface area contributed by atoms with Crippen LogP contribution in [0.5, 0.6) is 0 Å². The lowest BCUT2D eigenvalue weighted by Crippen LogP contribution is -2.08. The maximum atomic E-state index is 11.4. The van der Waals surface area contributed by atoms with Crippen LogP contribution in [0.4, 0.5) is 0 Å². The summed E-state index contributed by atoms with van der Waals surface area (Å²) >= 11 is 0. The molecule has 0 atom stereocenters. The molecule has 2 aromatic heterocycles. The molecular weight excluding hydrogens is 278 g/mol. The van der Waals surface area contributed by atoms with E-state index >= 15 is 0 Å². The van der Waals surface area contributed by atoms with Gasteiger partial charge in [-0.2, -0.15) is 0 Å². The molecule has 0 radical (unpaired) electrons. The first-order valence-electron chi connectivity index (χ1n) is 5.29. The van der Waals surface area contributed by atoms with E-state index in [4.69, 9.17) is 10.7 Å². The summed E-state index contributed by atoms with van der Waals surface area (Å²) < 4.78 is 26.1. The van der Waals surface area contributed by atoms with Gasteiger partial charge >= 0.3 is 0 Å². The van der Waals surface area contributed by atoms with E-state index in [1.165, 1.54) is 4.57 Å². The predicted molar refractivity (Wildman–Crippen MR) is 65.6 cm³/mol. The molecule has 2 aromatic rings. The average molecular weight is 290 g/mol. The minimum absolute atomic E-state index is 0.234. The van der Waals surface area contributed by atoms with Crippen molar-refractivity contribution in [2.24, 2.45) is 7.05 Å². The van der Waals surface area contributed by atoms with Crippen LogP contribution in [0, 0.1) is 0 Å². The summed E-state index contributed by atoms with van der Waals surface area (Å²) in [6, 6.07) is 0. The molecule has 0 aliphatic heterocycles. The van der Waals surface area contributed by atoms with E-state index in [-0.39, 0.29) is 5.16 Å². The Bertz CT molecular complexity index is 660. The first kappa shape index (κ1) is 13.0. The summed E-state index contributed by atoms with van der Waals surface area (Å²) in [6.45, 7) is 2.40. The molecule has 0 saturated heterocycles. The lowest BCUT2D eigenvalue weighted by atomic mass is 10.4. The van der Waals surface area contributed by atoms with Crippen molar-refractivity contribution in [2.45, 2.75) is 25.0 Å². The monoisotopic (exact) mass is 289 g/mol. The van der Waals surface area contributed by atoms with E-state index in [2.05, 4.69) is 15.2 Å². The van der Waals surface area contributed by atoms with Crippen molar-refractivity contribution in [3.63, 3.8) is 0 Å². The van der Waals surface area contributed by atoms with E-state index < -0.39 is 9.05 Å². The van der Waals surface area contributed by atoms with Crippen LogP contribution in [0.15, 0.2) is 17.7 Å². The van der Waals surface area contributed by atoms with Gasteiger partial charge in [0.2, 0.25) is 0 Å². The van der Waals surface area contributed by atoms with Gasteiger partial charge in [0.05, 0.1) is 12.5 Å². The van der Waals surface area contributed by atoms with Crippen molar-refractivity contribution in [3.8, 4) is 11.5 Å². The Morgan fingerprint density at radius 2 is 2.11 bits per heavy atom. The molecule has 7 nitrogen and oxygen atoms in total. The number of imidazole rings is 1. The van der Waals surface area contributed by atoms with Gasteiger partial charge in [0.25, 0.3) is 14.2 Å². The number of halogens is 1. The van der Waals surface area contributed by atoms with Crippen molar-refractivity contribution in [1.82, 2.24) is 24.3 Å². The fraction of sp³-hybridized carbons (Fsp3) is 0.444. The van der Waals surface area contributed by atoms with Gasteiger partial charge in [-0.3, -0.25) is 4.57 Å². The van der Waals surface area contributed by atoms with Crippen LogP contribution in [0.3, 0.4) is 0 Å². The largest absolute Gasteiger partial charge is 0.331 e. The Kier molecular flexibility index (Phi) is 3.40. The number of aromatic nitrogens is 5. The summed E-state index contributed by atoms with van der Waals surface area (Å²) in [5.41, 5.74) is 0.683. The van der Waals surface area contributed by atoms with Gasteiger partial charge < -0.3 is 4.57 Å². The van der Waals surface area contributed by atoms with Gasteiger partial charge in [-0.1, -0.05) is 6.92 Å². The highest BCUT2D eigenvalue weighted by Gasteiger charge is 2.23. The number of hydrogen-bond acceptors (Lipinski definition) is 5. The van der Waals surface area contributed by atoms with Gasteiger partial charge in [-0.05, 0) is 6.42 Å². The van der Waals surface area contributed by atoms with E-state index in [0.717, 1.165) is 6.42 Å². The second-order valence-electron chi connectivity index (χ2n) is 3.79. The zero-order valence-electron chi connectivity index (χ0n) is 9.91. The zero-order chi connectivity index (χ0) is 13.3. The zero-order valence-corrected chi connectivity index (χ0v) is 11.5. The molecule has 2 rings (SSSR count). The molecule has 0 saturated carbocycles. The molecule has 0 fully saturated rings. The van der Waals surface area contributed by atoms with E-state index in [1.54, 1.807) is 24.1 Å². The number of aryl methyl sites for hydroxylation is 1. The smallest absolute Gasteiger partial charge is 0.296 e. The second-order valence-corrected chi connectivity index (χ2v) is 6.25.